The van der Waals surface area contributed by atoms with Crippen molar-refractivity contribution in [1.29, 1.82) is 0 Å². The maximum atomic E-state index is 6.95. The fraction of sp³-hybridized carbons (Fsp3) is 0.0189. The summed E-state index contributed by atoms with van der Waals surface area (Å²) in [5.41, 5.74) is 12.2. The summed E-state index contributed by atoms with van der Waals surface area (Å²) in [4.78, 5) is 3.40. The molecule has 0 bridgehead atoms. The summed E-state index contributed by atoms with van der Waals surface area (Å²) in [7, 11) is 0. The molecule has 0 saturated heterocycles. The zero-order valence-corrected chi connectivity index (χ0v) is 31.7. The van der Waals surface area contributed by atoms with Crippen LogP contribution in [0.3, 0.4) is 0 Å². The second kappa shape index (κ2) is 13.6. The largest absolute Gasteiger partial charge is 0.448 e. The maximum Gasteiger partial charge on any atom is 0.205 e. The molecule has 11 rings (SSSR count). The highest BCUT2D eigenvalue weighted by Crippen LogP contribution is 2.63. The van der Waals surface area contributed by atoms with Gasteiger partial charge < -0.3 is 9.47 Å². The van der Waals surface area contributed by atoms with Gasteiger partial charge >= 0.3 is 0 Å². The molecule has 3 nitrogen and oxygen atoms in total. The van der Waals surface area contributed by atoms with E-state index in [0.29, 0.717) is 17.2 Å². The smallest absolute Gasteiger partial charge is 0.205 e. The van der Waals surface area contributed by atoms with Gasteiger partial charge in [0.2, 0.25) is 5.75 Å². The van der Waals surface area contributed by atoms with E-state index in [-0.39, 0.29) is 0 Å². The number of nitrogens with zero attached hydrogens (tertiary/aromatic N) is 1. The molecule has 57 heavy (non-hydrogen) atoms. The van der Waals surface area contributed by atoms with Crippen LogP contribution in [0.15, 0.2) is 212 Å². The van der Waals surface area contributed by atoms with Crippen LogP contribution in [0, 0.1) is 0 Å². The maximum absolute atomic E-state index is 6.95. The van der Waals surface area contributed by atoms with E-state index >= 15 is 0 Å². The molecule has 0 spiro atoms. The van der Waals surface area contributed by atoms with E-state index in [1.807, 2.05) is 30.3 Å². The van der Waals surface area contributed by atoms with Gasteiger partial charge in [0.15, 0.2) is 17.2 Å². The Kier molecular flexibility index (Phi) is 7.90. The summed E-state index contributed by atoms with van der Waals surface area (Å²) in [6.07, 6.45) is 0. The first-order chi connectivity index (χ1) is 28.3. The third-order valence-corrected chi connectivity index (χ3v) is 12.4. The first kappa shape index (κ1) is 33.2. The van der Waals surface area contributed by atoms with E-state index in [4.69, 9.17) is 9.47 Å². The van der Waals surface area contributed by atoms with Crippen LogP contribution in [-0.4, -0.2) is 0 Å². The number of para-hydroxylation sites is 3. The van der Waals surface area contributed by atoms with Crippen LogP contribution in [0.4, 0.5) is 16.4 Å². The molecule has 0 saturated carbocycles. The fourth-order valence-electron chi connectivity index (χ4n) is 8.81. The Morgan fingerprint density at radius 2 is 0.912 bits per heavy atom. The van der Waals surface area contributed by atoms with Gasteiger partial charge in [-0.1, -0.05) is 182 Å². The highest BCUT2D eigenvalue weighted by molar-refractivity contribution is 7.20. The Labute approximate surface area is 336 Å². The van der Waals surface area contributed by atoms with E-state index in [0.717, 1.165) is 43.7 Å². The number of hydrogen-bond donors (Lipinski definition) is 0. The predicted octanol–water partition coefficient (Wildman–Crippen LogP) is 14.8. The molecule has 1 aliphatic carbocycles. The van der Waals surface area contributed by atoms with Crippen molar-refractivity contribution < 1.29 is 9.47 Å². The number of thiophene rings is 1. The standard InChI is InChI=1S/C53H35NO2S/c1-5-19-36(20-6-1)41-27-14-16-30-46(41)54(52-50-49(51(57-52)37-21-7-2-8-22-37)55-47-31-17-18-32-48(47)56-50)40-33-34-43-42-28-13-15-29-44(42)53(45(43)35-40,38-23-9-3-10-24-38)39-25-11-4-12-26-39/h1-35H. The lowest BCUT2D eigenvalue weighted by Gasteiger charge is -2.35. The molecule has 2 heterocycles. The van der Waals surface area contributed by atoms with Crippen molar-refractivity contribution in [3.05, 3.63) is 235 Å². The highest BCUT2D eigenvalue weighted by atomic mass is 32.1. The Morgan fingerprint density at radius 3 is 1.58 bits per heavy atom. The molecule has 0 atom stereocenters. The van der Waals surface area contributed by atoms with Gasteiger partial charge in [-0.25, -0.2) is 0 Å². The summed E-state index contributed by atoms with van der Waals surface area (Å²) in [5.74, 6) is 2.81. The molecule has 0 radical (unpaired) electrons. The van der Waals surface area contributed by atoms with Crippen LogP contribution < -0.4 is 14.4 Å². The number of ether oxygens (including phenoxy) is 2. The number of rotatable bonds is 7. The molecule has 1 aliphatic heterocycles. The van der Waals surface area contributed by atoms with Crippen LogP contribution in [0.5, 0.6) is 23.0 Å². The average molecular weight is 750 g/mol. The Morgan fingerprint density at radius 1 is 0.404 bits per heavy atom. The molecule has 0 amide bonds. The topological polar surface area (TPSA) is 21.7 Å². The molecule has 0 N–H and O–H groups in total. The van der Waals surface area contributed by atoms with Gasteiger partial charge in [-0.3, -0.25) is 4.90 Å². The van der Waals surface area contributed by atoms with Crippen molar-refractivity contribution in [2.45, 2.75) is 5.41 Å². The minimum Gasteiger partial charge on any atom is -0.448 e. The summed E-state index contributed by atoms with van der Waals surface area (Å²) >= 11 is 1.69. The SMILES string of the molecule is c1ccc(-c2ccccc2N(c2ccc3c(c2)C(c2ccccc2)(c2ccccc2)c2ccccc2-3)c2sc(-c3ccccc3)c3c2Oc2ccccc2O3)cc1. The molecule has 9 aromatic rings. The first-order valence-corrected chi connectivity index (χ1v) is 20.1. The van der Waals surface area contributed by atoms with Gasteiger partial charge in [-0.2, -0.15) is 0 Å². The zero-order valence-electron chi connectivity index (χ0n) is 30.9. The second-order valence-corrected chi connectivity index (χ2v) is 15.4. The van der Waals surface area contributed by atoms with Crippen molar-refractivity contribution in [3.63, 3.8) is 0 Å². The van der Waals surface area contributed by atoms with Gasteiger partial charge in [-0.05, 0) is 74.8 Å². The molecule has 0 unspecified atom stereocenters. The fourth-order valence-corrected chi connectivity index (χ4v) is 10.0. The van der Waals surface area contributed by atoms with Crippen molar-refractivity contribution in [2.24, 2.45) is 0 Å². The van der Waals surface area contributed by atoms with Crippen LogP contribution in [0.1, 0.15) is 22.3 Å². The van der Waals surface area contributed by atoms with Crippen LogP contribution in [0.25, 0.3) is 32.7 Å². The molecular weight excluding hydrogens is 715 g/mol. The third-order valence-electron chi connectivity index (χ3n) is 11.2. The number of fused-ring (bicyclic) bond motifs is 5. The van der Waals surface area contributed by atoms with Gasteiger partial charge in [0.05, 0.1) is 16.0 Å². The van der Waals surface area contributed by atoms with E-state index in [1.165, 1.54) is 33.4 Å². The number of benzene rings is 8. The summed E-state index contributed by atoms with van der Waals surface area (Å²) < 4.78 is 13.8. The lowest BCUT2D eigenvalue weighted by Crippen LogP contribution is -2.28. The molecule has 270 valence electrons. The molecule has 2 aliphatic rings. The second-order valence-electron chi connectivity index (χ2n) is 14.4. The van der Waals surface area contributed by atoms with Gasteiger partial charge in [0, 0.05) is 11.3 Å². The van der Waals surface area contributed by atoms with Crippen molar-refractivity contribution in [1.82, 2.24) is 0 Å². The van der Waals surface area contributed by atoms with Crippen LogP contribution in [-0.2, 0) is 5.41 Å². The lowest BCUT2D eigenvalue weighted by atomic mass is 9.67. The first-order valence-electron chi connectivity index (χ1n) is 19.3. The summed E-state index contributed by atoms with van der Waals surface area (Å²) in [6, 6.07) is 75.6. The average Bonchev–Trinajstić information content (AvgIpc) is 3.80. The number of anilines is 3. The molecular formula is C53H35NO2S. The molecule has 8 aromatic carbocycles. The summed E-state index contributed by atoms with van der Waals surface area (Å²) in [5, 5.41) is 0.933. The minimum absolute atomic E-state index is 0.558. The predicted molar refractivity (Wildman–Crippen MR) is 234 cm³/mol. The summed E-state index contributed by atoms with van der Waals surface area (Å²) in [6.45, 7) is 0. The van der Waals surface area contributed by atoms with E-state index in [9.17, 15) is 0 Å². The quantitative estimate of drug-likeness (QED) is 0.162. The van der Waals surface area contributed by atoms with Crippen molar-refractivity contribution >= 4 is 27.7 Å². The normalized spacial score (nSPS) is 13.0. The van der Waals surface area contributed by atoms with E-state index in [2.05, 4.69) is 187 Å². The van der Waals surface area contributed by atoms with E-state index < -0.39 is 5.41 Å². The molecule has 0 fully saturated rings. The number of hydrogen-bond acceptors (Lipinski definition) is 4. The Bertz CT molecular complexity index is 2870. The van der Waals surface area contributed by atoms with Gasteiger partial charge in [-0.15, -0.1) is 11.3 Å². The monoisotopic (exact) mass is 749 g/mol. The van der Waals surface area contributed by atoms with Crippen molar-refractivity contribution in [3.8, 4) is 55.7 Å². The minimum atomic E-state index is -0.558. The van der Waals surface area contributed by atoms with E-state index in [1.54, 1.807) is 11.3 Å². The Hall–Kier alpha value is -7.14. The van der Waals surface area contributed by atoms with Gasteiger partial charge in [0.1, 0.15) is 5.00 Å². The zero-order chi connectivity index (χ0) is 37.8. The molecule has 4 heteroatoms. The van der Waals surface area contributed by atoms with Crippen molar-refractivity contribution in [2.75, 3.05) is 4.90 Å². The third kappa shape index (κ3) is 5.26. The Balaban J connectivity index is 1.22. The van der Waals surface area contributed by atoms with Crippen LogP contribution >= 0.6 is 11.3 Å². The van der Waals surface area contributed by atoms with Gasteiger partial charge in [0.25, 0.3) is 0 Å². The highest BCUT2D eigenvalue weighted by Gasteiger charge is 2.46. The molecule has 1 aromatic heterocycles. The van der Waals surface area contributed by atoms with Crippen LogP contribution in [0.2, 0.25) is 0 Å². The lowest BCUT2D eigenvalue weighted by molar-refractivity contribution is 0.364.